The smallest absolute Gasteiger partial charge is 0.133 e. The van der Waals surface area contributed by atoms with Gasteiger partial charge in [0.05, 0.1) is 6.61 Å². The fourth-order valence-electron chi connectivity index (χ4n) is 2.18. The quantitative estimate of drug-likeness (QED) is 0.756. The van der Waals surface area contributed by atoms with Crippen LogP contribution in [0.2, 0.25) is 0 Å². The van der Waals surface area contributed by atoms with Gasteiger partial charge in [-0.15, -0.1) is 0 Å². The maximum absolute atomic E-state index is 11.3. The number of benzene rings is 1. The second kappa shape index (κ2) is 4.47. The van der Waals surface area contributed by atoms with E-state index in [9.17, 15) is 4.79 Å². The summed E-state index contributed by atoms with van der Waals surface area (Å²) in [5.74, 6) is 1.70. The third-order valence-electron chi connectivity index (χ3n) is 2.90. The van der Waals surface area contributed by atoms with Crippen LogP contribution in [-0.4, -0.2) is 12.4 Å². The van der Waals surface area contributed by atoms with E-state index >= 15 is 0 Å². The van der Waals surface area contributed by atoms with E-state index in [1.54, 1.807) is 0 Å². The van der Waals surface area contributed by atoms with Gasteiger partial charge in [-0.05, 0) is 30.9 Å². The minimum atomic E-state index is 0.375. The number of para-hydroxylation sites is 1. The minimum Gasteiger partial charge on any atom is -0.494 e. The number of hydrogen-bond acceptors (Lipinski definition) is 2. The molecule has 1 unspecified atom stereocenters. The van der Waals surface area contributed by atoms with Crippen LogP contribution in [0.4, 0.5) is 0 Å². The average Bonchev–Trinajstić information content (AvgIpc) is 2.66. The Labute approximate surface area is 90.3 Å². The number of carbonyl (C=O) groups is 1. The fourth-order valence-corrected chi connectivity index (χ4v) is 2.18. The number of rotatable bonds is 3. The molecule has 2 nitrogen and oxygen atoms in total. The normalized spacial score (nSPS) is 20.6. The highest BCUT2D eigenvalue weighted by molar-refractivity contribution is 5.81. The largest absolute Gasteiger partial charge is 0.494 e. The molecule has 0 spiro atoms. The van der Waals surface area contributed by atoms with Crippen molar-refractivity contribution in [2.75, 3.05) is 6.61 Å². The number of ether oxygens (including phenoxy) is 1. The molecule has 0 N–H and O–H groups in total. The van der Waals surface area contributed by atoms with Crippen LogP contribution in [0.3, 0.4) is 0 Å². The van der Waals surface area contributed by atoms with Crippen LogP contribution < -0.4 is 4.74 Å². The van der Waals surface area contributed by atoms with Crippen LogP contribution in [0.25, 0.3) is 0 Å². The molecule has 0 radical (unpaired) electrons. The van der Waals surface area contributed by atoms with Gasteiger partial charge in [-0.3, -0.25) is 4.79 Å². The van der Waals surface area contributed by atoms with Crippen molar-refractivity contribution in [2.24, 2.45) is 0 Å². The monoisotopic (exact) mass is 204 g/mol. The molecule has 1 saturated carbocycles. The Balaban J connectivity index is 2.22. The highest BCUT2D eigenvalue weighted by atomic mass is 16.5. The Morgan fingerprint density at radius 1 is 1.40 bits per heavy atom. The molecule has 80 valence electrons. The van der Waals surface area contributed by atoms with Gasteiger partial charge in [0, 0.05) is 12.8 Å². The van der Waals surface area contributed by atoms with Crippen molar-refractivity contribution >= 4 is 5.78 Å². The zero-order valence-corrected chi connectivity index (χ0v) is 9.03. The van der Waals surface area contributed by atoms with E-state index in [1.807, 2.05) is 25.1 Å². The van der Waals surface area contributed by atoms with Crippen LogP contribution in [0, 0.1) is 0 Å². The molecule has 0 aromatic heterocycles. The van der Waals surface area contributed by atoms with Gasteiger partial charge < -0.3 is 4.74 Å². The molecule has 0 saturated heterocycles. The Bertz CT molecular complexity index is 357. The average molecular weight is 204 g/mol. The van der Waals surface area contributed by atoms with Gasteiger partial charge in [-0.1, -0.05) is 18.2 Å². The standard InChI is InChI=1S/C13H16O2/c1-2-15-13-6-4-3-5-12(13)10-7-8-11(14)9-10/h3-6,10H,2,7-9H2,1H3. The first-order valence-electron chi connectivity index (χ1n) is 5.54. The van der Waals surface area contributed by atoms with Crippen LogP contribution in [-0.2, 0) is 4.79 Å². The SMILES string of the molecule is CCOc1ccccc1C1CCC(=O)C1. The van der Waals surface area contributed by atoms with Crippen LogP contribution >= 0.6 is 0 Å². The van der Waals surface area contributed by atoms with Crippen molar-refractivity contribution in [1.29, 1.82) is 0 Å². The summed E-state index contributed by atoms with van der Waals surface area (Å²) in [6, 6.07) is 8.06. The predicted molar refractivity (Wildman–Crippen MR) is 59.2 cm³/mol. The summed E-state index contributed by atoms with van der Waals surface area (Å²) < 4.78 is 5.57. The highest BCUT2D eigenvalue weighted by Gasteiger charge is 2.25. The Morgan fingerprint density at radius 2 is 2.20 bits per heavy atom. The molecule has 1 aliphatic carbocycles. The molecular weight excluding hydrogens is 188 g/mol. The predicted octanol–water partition coefficient (Wildman–Crippen LogP) is 2.92. The van der Waals surface area contributed by atoms with Gasteiger partial charge in [0.2, 0.25) is 0 Å². The molecule has 1 aliphatic rings. The fraction of sp³-hybridized carbons (Fsp3) is 0.462. The molecule has 0 aliphatic heterocycles. The molecule has 15 heavy (non-hydrogen) atoms. The third kappa shape index (κ3) is 2.20. The maximum atomic E-state index is 11.3. The lowest BCUT2D eigenvalue weighted by molar-refractivity contribution is -0.117. The van der Waals surface area contributed by atoms with Crippen molar-refractivity contribution in [3.63, 3.8) is 0 Å². The summed E-state index contributed by atoms with van der Waals surface area (Å²) in [6.45, 7) is 2.66. The van der Waals surface area contributed by atoms with E-state index in [0.29, 0.717) is 24.7 Å². The molecular formula is C13H16O2. The zero-order valence-electron chi connectivity index (χ0n) is 9.03. The van der Waals surface area contributed by atoms with Crippen LogP contribution in [0.15, 0.2) is 24.3 Å². The number of carbonyl (C=O) groups excluding carboxylic acids is 1. The molecule has 1 aromatic rings. The second-order valence-electron chi connectivity index (χ2n) is 3.95. The van der Waals surface area contributed by atoms with E-state index in [0.717, 1.165) is 18.6 Å². The maximum Gasteiger partial charge on any atom is 0.133 e. The second-order valence-corrected chi connectivity index (χ2v) is 3.95. The van der Waals surface area contributed by atoms with Gasteiger partial charge in [0.25, 0.3) is 0 Å². The van der Waals surface area contributed by atoms with Crippen LogP contribution in [0.5, 0.6) is 5.75 Å². The lowest BCUT2D eigenvalue weighted by Gasteiger charge is -2.14. The number of Topliss-reactive ketones (excluding diaryl/α,β-unsaturated/α-hetero) is 1. The molecule has 2 heteroatoms. The molecule has 0 heterocycles. The Kier molecular flexibility index (Phi) is 3.05. The minimum absolute atomic E-state index is 0.375. The van der Waals surface area contributed by atoms with Gasteiger partial charge in [-0.2, -0.15) is 0 Å². The van der Waals surface area contributed by atoms with E-state index in [2.05, 4.69) is 6.07 Å². The van der Waals surface area contributed by atoms with Crippen molar-refractivity contribution in [2.45, 2.75) is 32.1 Å². The van der Waals surface area contributed by atoms with E-state index in [1.165, 1.54) is 5.56 Å². The first kappa shape index (κ1) is 10.2. The number of hydrogen-bond donors (Lipinski definition) is 0. The molecule has 0 amide bonds. The van der Waals surface area contributed by atoms with E-state index in [-0.39, 0.29) is 0 Å². The Morgan fingerprint density at radius 3 is 2.87 bits per heavy atom. The molecule has 2 rings (SSSR count). The van der Waals surface area contributed by atoms with Crippen LogP contribution in [0.1, 0.15) is 37.7 Å². The van der Waals surface area contributed by atoms with Gasteiger partial charge in [0.15, 0.2) is 0 Å². The zero-order chi connectivity index (χ0) is 10.7. The summed E-state index contributed by atoms with van der Waals surface area (Å²) in [5, 5.41) is 0. The van der Waals surface area contributed by atoms with Gasteiger partial charge in [-0.25, -0.2) is 0 Å². The van der Waals surface area contributed by atoms with E-state index in [4.69, 9.17) is 4.74 Å². The van der Waals surface area contributed by atoms with Gasteiger partial charge in [0.1, 0.15) is 11.5 Å². The molecule has 1 fully saturated rings. The van der Waals surface area contributed by atoms with Crippen molar-refractivity contribution in [1.82, 2.24) is 0 Å². The summed E-state index contributed by atoms with van der Waals surface area (Å²) in [4.78, 5) is 11.3. The lowest BCUT2D eigenvalue weighted by atomic mass is 9.97. The van der Waals surface area contributed by atoms with Crippen molar-refractivity contribution in [3.05, 3.63) is 29.8 Å². The van der Waals surface area contributed by atoms with Gasteiger partial charge >= 0.3 is 0 Å². The first-order valence-corrected chi connectivity index (χ1v) is 5.54. The lowest BCUT2D eigenvalue weighted by Crippen LogP contribution is -2.00. The van der Waals surface area contributed by atoms with E-state index < -0.39 is 0 Å². The topological polar surface area (TPSA) is 26.3 Å². The highest BCUT2D eigenvalue weighted by Crippen LogP contribution is 2.36. The van der Waals surface area contributed by atoms with Crippen molar-refractivity contribution in [3.8, 4) is 5.75 Å². The number of ketones is 1. The molecule has 0 bridgehead atoms. The molecule has 1 atom stereocenters. The summed E-state index contributed by atoms with van der Waals surface area (Å²) in [6.07, 6.45) is 2.39. The van der Waals surface area contributed by atoms with Crippen molar-refractivity contribution < 1.29 is 9.53 Å². The summed E-state index contributed by atoms with van der Waals surface area (Å²) >= 11 is 0. The summed E-state index contributed by atoms with van der Waals surface area (Å²) in [5.41, 5.74) is 1.20. The Hall–Kier alpha value is -1.31. The summed E-state index contributed by atoms with van der Waals surface area (Å²) in [7, 11) is 0. The molecule has 1 aromatic carbocycles. The first-order chi connectivity index (χ1) is 7.31. The third-order valence-corrected chi connectivity index (χ3v) is 2.90.